The van der Waals surface area contributed by atoms with E-state index in [0.29, 0.717) is 19.6 Å². The number of carbonyl (C=O) groups is 1. The average molecular weight is 406 g/mol. The summed E-state index contributed by atoms with van der Waals surface area (Å²) in [5, 5.41) is 11.5. The number of nitrogens with zero attached hydrogens (tertiary/aromatic N) is 1. The van der Waals surface area contributed by atoms with Gasteiger partial charge in [0.2, 0.25) is 5.91 Å². The van der Waals surface area contributed by atoms with E-state index in [1.54, 1.807) is 6.08 Å². The third-order valence-corrected chi connectivity index (χ3v) is 6.61. The van der Waals surface area contributed by atoms with Crippen LogP contribution in [0.2, 0.25) is 0 Å². The first-order chi connectivity index (χ1) is 14.6. The Balaban J connectivity index is 1.70. The van der Waals surface area contributed by atoms with Gasteiger partial charge in [0.25, 0.3) is 0 Å². The van der Waals surface area contributed by atoms with Crippen LogP contribution in [0, 0.1) is 5.92 Å². The molecule has 0 spiro atoms. The molecule has 30 heavy (non-hydrogen) atoms. The van der Waals surface area contributed by atoms with Crippen LogP contribution in [-0.2, 0) is 4.79 Å². The first kappa shape index (κ1) is 20.7. The number of amides is 1. The normalized spacial score (nSPS) is 26.4. The smallest absolute Gasteiger partial charge is 0.247 e. The van der Waals surface area contributed by atoms with Gasteiger partial charge in [-0.05, 0) is 43.9 Å². The van der Waals surface area contributed by atoms with Crippen molar-refractivity contribution in [3.8, 4) is 5.75 Å². The lowest BCUT2D eigenvalue weighted by Gasteiger charge is -2.52. The zero-order valence-corrected chi connectivity index (χ0v) is 17.7. The molecule has 1 aliphatic carbocycles. The highest BCUT2D eigenvalue weighted by Gasteiger charge is 2.50. The van der Waals surface area contributed by atoms with Gasteiger partial charge in [-0.25, -0.2) is 0 Å². The molecule has 2 fully saturated rings. The number of piperidine rings is 1. The number of hydrogen-bond acceptors (Lipinski definition) is 3. The molecule has 2 aliphatic rings. The minimum atomic E-state index is -0.706. The molecule has 0 unspecified atom stereocenters. The molecule has 0 radical (unpaired) electrons. The van der Waals surface area contributed by atoms with Crippen LogP contribution < -0.4 is 4.74 Å². The van der Waals surface area contributed by atoms with Gasteiger partial charge in [0.15, 0.2) is 0 Å². The molecule has 158 valence electrons. The second-order valence-corrected chi connectivity index (χ2v) is 8.40. The molecule has 4 rings (SSSR count). The van der Waals surface area contributed by atoms with Gasteiger partial charge >= 0.3 is 0 Å². The SMILES string of the molecule is CCOc1ccccc1[C@@H]1[C@H]2CCCC[C@@]2(O)CCN1C(=O)/C=C/c1ccccc1. The Morgan fingerprint density at radius 3 is 2.70 bits per heavy atom. The summed E-state index contributed by atoms with van der Waals surface area (Å²) in [6, 6.07) is 17.7. The van der Waals surface area contributed by atoms with E-state index in [-0.39, 0.29) is 17.9 Å². The lowest BCUT2D eigenvalue weighted by atomic mass is 9.66. The van der Waals surface area contributed by atoms with Crippen LogP contribution in [-0.4, -0.2) is 34.7 Å². The number of aliphatic hydroxyl groups is 1. The Bertz CT molecular complexity index is 894. The van der Waals surface area contributed by atoms with E-state index in [4.69, 9.17) is 4.74 Å². The maximum absolute atomic E-state index is 13.3. The third kappa shape index (κ3) is 4.15. The molecule has 4 heteroatoms. The highest BCUT2D eigenvalue weighted by molar-refractivity contribution is 5.92. The molecule has 4 nitrogen and oxygen atoms in total. The van der Waals surface area contributed by atoms with Gasteiger partial charge in [0.1, 0.15) is 5.75 Å². The number of likely N-dealkylation sites (tertiary alicyclic amines) is 1. The van der Waals surface area contributed by atoms with Gasteiger partial charge in [-0.15, -0.1) is 0 Å². The van der Waals surface area contributed by atoms with Crippen LogP contribution in [0.3, 0.4) is 0 Å². The van der Waals surface area contributed by atoms with Crippen molar-refractivity contribution in [3.63, 3.8) is 0 Å². The Kier molecular flexibility index (Phi) is 6.24. The molecule has 2 aromatic carbocycles. The van der Waals surface area contributed by atoms with E-state index < -0.39 is 5.60 Å². The number of para-hydroxylation sites is 1. The standard InChI is InChI=1S/C26H31NO3/c1-2-30-23-14-7-6-12-21(23)25-22-13-8-9-17-26(22,29)18-19-27(25)24(28)16-15-20-10-4-3-5-11-20/h3-7,10-12,14-16,22,25,29H,2,8-9,13,17-19H2,1H3/b16-15+/t22-,25-,26-/m1/s1. The summed E-state index contributed by atoms with van der Waals surface area (Å²) in [5.74, 6) is 0.822. The maximum Gasteiger partial charge on any atom is 0.247 e. The molecule has 2 aromatic rings. The largest absolute Gasteiger partial charge is 0.494 e. The third-order valence-electron chi connectivity index (χ3n) is 6.61. The van der Waals surface area contributed by atoms with Gasteiger partial charge < -0.3 is 14.7 Å². The van der Waals surface area contributed by atoms with Gasteiger partial charge in [-0.2, -0.15) is 0 Å². The highest BCUT2D eigenvalue weighted by Crippen LogP contribution is 2.50. The summed E-state index contributed by atoms with van der Waals surface area (Å²) in [4.78, 5) is 15.3. The molecule has 0 bridgehead atoms. The minimum Gasteiger partial charge on any atom is -0.494 e. The summed E-state index contributed by atoms with van der Waals surface area (Å²) in [7, 11) is 0. The van der Waals surface area contributed by atoms with Crippen molar-refractivity contribution >= 4 is 12.0 Å². The Morgan fingerprint density at radius 1 is 1.13 bits per heavy atom. The Labute approximate surface area is 179 Å². The van der Waals surface area contributed by atoms with Gasteiger partial charge in [0, 0.05) is 24.1 Å². The van der Waals surface area contributed by atoms with Gasteiger partial charge in [0.05, 0.1) is 18.2 Å². The molecule has 1 saturated carbocycles. The number of carbonyl (C=O) groups excluding carboxylic acids is 1. The van der Waals surface area contributed by atoms with E-state index in [1.807, 2.05) is 66.4 Å². The van der Waals surface area contributed by atoms with Crippen LogP contribution in [0.15, 0.2) is 60.7 Å². The fourth-order valence-electron chi connectivity index (χ4n) is 5.15. The Morgan fingerprint density at radius 2 is 1.90 bits per heavy atom. The maximum atomic E-state index is 13.3. The fraction of sp³-hybridized carbons (Fsp3) is 0.423. The van der Waals surface area contributed by atoms with E-state index in [2.05, 4.69) is 6.07 Å². The lowest BCUT2D eigenvalue weighted by Crippen LogP contribution is -2.56. The lowest BCUT2D eigenvalue weighted by molar-refractivity contribution is -0.151. The van der Waals surface area contributed by atoms with Crippen LogP contribution in [0.5, 0.6) is 5.75 Å². The minimum absolute atomic E-state index is 0.0113. The van der Waals surface area contributed by atoms with E-state index >= 15 is 0 Å². The van der Waals surface area contributed by atoms with Gasteiger partial charge in [-0.1, -0.05) is 61.4 Å². The number of hydrogen-bond donors (Lipinski definition) is 1. The molecule has 1 N–H and O–H groups in total. The van der Waals surface area contributed by atoms with Crippen LogP contribution >= 0.6 is 0 Å². The predicted octanol–water partition coefficient (Wildman–Crippen LogP) is 4.99. The number of rotatable bonds is 5. The highest BCUT2D eigenvalue weighted by atomic mass is 16.5. The van der Waals surface area contributed by atoms with Crippen LogP contribution in [0.4, 0.5) is 0 Å². The summed E-state index contributed by atoms with van der Waals surface area (Å²) in [5.41, 5.74) is 1.30. The average Bonchev–Trinajstić information content (AvgIpc) is 2.78. The van der Waals surface area contributed by atoms with Crippen LogP contribution in [0.25, 0.3) is 6.08 Å². The zero-order valence-electron chi connectivity index (χ0n) is 17.7. The number of fused-ring (bicyclic) bond motifs is 1. The summed E-state index contributed by atoms with van der Waals surface area (Å²) in [6.45, 7) is 3.09. The summed E-state index contributed by atoms with van der Waals surface area (Å²) >= 11 is 0. The molecular weight excluding hydrogens is 374 g/mol. The summed E-state index contributed by atoms with van der Waals surface area (Å²) in [6.07, 6.45) is 8.04. The first-order valence-corrected chi connectivity index (χ1v) is 11.1. The number of ether oxygens (including phenoxy) is 1. The van der Waals surface area contributed by atoms with E-state index in [1.165, 1.54) is 0 Å². The van der Waals surface area contributed by atoms with Crippen molar-refractivity contribution in [2.45, 2.75) is 50.7 Å². The van der Waals surface area contributed by atoms with Crippen molar-refractivity contribution in [1.82, 2.24) is 4.90 Å². The first-order valence-electron chi connectivity index (χ1n) is 11.1. The molecule has 1 heterocycles. The zero-order chi connectivity index (χ0) is 21.0. The quantitative estimate of drug-likeness (QED) is 0.713. The van der Waals surface area contributed by atoms with Crippen molar-refractivity contribution < 1.29 is 14.6 Å². The molecule has 3 atom stereocenters. The number of benzene rings is 2. The topological polar surface area (TPSA) is 49.8 Å². The molecular formula is C26H31NO3. The molecule has 0 aromatic heterocycles. The van der Waals surface area contributed by atoms with Crippen molar-refractivity contribution in [3.05, 3.63) is 71.8 Å². The second-order valence-electron chi connectivity index (χ2n) is 8.40. The molecule has 1 amide bonds. The van der Waals surface area contributed by atoms with Crippen molar-refractivity contribution in [2.75, 3.05) is 13.2 Å². The monoisotopic (exact) mass is 405 g/mol. The van der Waals surface area contributed by atoms with Crippen molar-refractivity contribution in [2.24, 2.45) is 5.92 Å². The van der Waals surface area contributed by atoms with E-state index in [0.717, 1.165) is 42.6 Å². The van der Waals surface area contributed by atoms with Crippen LogP contribution in [0.1, 0.15) is 56.2 Å². The van der Waals surface area contributed by atoms with Crippen molar-refractivity contribution in [1.29, 1.82) is 0 Å². The molecule has 1 aliphatic heterocycles. The second kappa shape index (κ2) is 9.05. The molecule has 1 saturated heterocycles. The Hall–Kier alpha value is -2.59. The van der Waals surface area contributed by atoms with Gasteiger partial charge in [-0.3, -0.25) is 4.79 Å². The van der Waals surface area contributed by atoms with E-state index in [9.17, 15) is 9.90 Å². The summed E-state index contributed by atoms with van der Waals surface area (Å²) < 4.78 is 5.92. The fourth-order valence-corrected chi connectivity index (χ4v) is 5.15. The predicted molar refractivity (Wildman–Crippen MR) is 119 cm³/mol.